The van der Waals surface area contributed by atoms with E-state index in [0.717, 1.165) is 22.3 Å². The summed E-state index contributed by atoms with van der Waals surface area (Å²) in [6, 6.07) is 29.9. The van der Waals surface area contributed by atoms with Crippen LogP contribution < -0.4 is 19.3 Å². The Morgan fingerprint density at radius 3 is 1.77 bits per heavy atom. The standard InChI is InChI=1S/C36H28N2O6/c1-43-23-10-6-8-21(17-23)37-19-20(16-29(37)39)36(42)44-24-11-7-9-22(18-24)38-34(40)32-30-25-12-2-3-13-26(25)31(33(32)35(38)41)28-15-5-4-14-27(28)30/h2-15,17-18,20,30-33H,16,19H2,1H3/t20-,30?,31?,32-,33+/m1/s1. The maximum Gasteiger partial charge on any atom is 0.316 e. The zero-order valence-corrected chi connectivity index (χ0v) is 23.9. The third kappa shape index (κ3) is 3.83. The van der Waals surface area contributed by atoms with Gasteiger partial charge in [-0.1, -0.05) is 60.7 Å². The summed E-state index contributed by atoms with van der Waals surface area (Å²) in [5, 5.41) is 0. The Hall–Kier alpha value is -5.24. The number of methoxy groups -OCH3 is 1. The summed E-state index contributed by atoms with van der Waals surface area (Å²) in [4.78, 5) is 57.0. The molecule has 3 atom stereocenters. The highest BCUT2D eigenvalue weighted by molar-refractivity contribution is 6.23. The number of rotatable bonds is 5. The van der Waals surface area contributed by atoms with Crippen LogP contribution in [0, 0.1) is 17.8 Å². The van der Waals surface area contributed by atoms with E-state index in [0.29, 0.717) is 17.1 Å². The van der Waals surface area contributed by atoms with Crippen LogP contribution in [0.5, 0.6) is 11.5 Å². The lowest BCUT2D eigenvalue weighted by Crippen LogP contribution is -2.41. The number of carbonyl (C=O) groups excluding carboxylic acids is 4. The van der Waals surface area contributed by atoms with Crippen molar-refractivity contribution in [3.05, 3.63) is 119 Å². The first-order valence-electron chi connectivity index (χ1n) is 14.8. The van der Waals surface area contributed by atoms with Crippen molar-refractivity contribution in [2.45, 2.75) is 18.3 Å². The van der Waals surface area contributed by atoms with Gasteiger partial charge in [-0.15, -0.1) is 0 Å². The highest BCUT2D eigenvalue weighted by atomic mass is 16.5. The van der Waals surface area contributed by atoms with Gasteiger partial charge in [-0.3, -0.25) is 19.2 Å². The van der Waals surface area contributed by atoms with Crippen molar-refractivity contribution in [1.82, 2.24) is 0 Å². The monoisotopic (exact) mass is 584 g/mol. The number of amides is 3. The molecule has 3 aliphatic carbocycles. The van der Waals surface area contributed by atoms with Gasteiger partial charge in [0, 0.05) is 42.6 Å². The van der Waals surface area contributed by atoms with Gasteiger partial charge in [0.15, 0.2) is 0 Å². The predicted molar refractivity (Wildman–Crippen MR) is 162 cm³/mol. The molecule has 4 aromatic rings. The Labute approximate surface area is 253 Å². The number of nitrogens with zero attached hydrogens (tertiary/aromatic N) is 2. The van der Waals surface area contributed by atoms with Crippen LogP contribution in [-0.2, 0) is 19.2 Å². The van der Waals surface area contributed by atoms with Crippen molar-refractivity contribution >= 4 is 35.1 Å². The molecule has 3 amide bonds. The molecule has 0 radical (unpaired) electrons. The summed E-state index contributed by atoms with van der Waals surface area (Å²) in [6.45, 7) is 0.181. The summed E-state index contributed by atoms with van der Waals surface area (Å²) >= 11 is 0. The molecule has 0 N–H and O–H groups in total. The molecule has 2 aliphatic heterocycles. The second-order valence-corrected chi connectivity index (χ2v) is 11.8. The van der Waals surface area contributed by atoms with E-state index in [9.17, 15) is 19.2 Å². The normalized spacial score (nSPS) is 24.7. The molecule has 0 spiro atoms. The van der Waals surface area contributed by atoms with Gasteiger partial charge in [0.1, 0.15) is 11.5 Å². The first-order chi connectivity index (χ1) is 21.4. The molecule has 0 saturated carbocycles. The lowest BCUT2D eigenvalue weighted by atomic mass is 9.55. The molecule has 0 aromatic heterocycles. The molecule has 4 aromatic carbocycles. The number of hydrogen-bond acceptors (Lipinski definition) is 6. The second kappa shape index (κ2) is 9.91. The van der Waals surface area contributed by atoms with Crippen LogP contribution in [0.1, 0.15) is 40.5 Å². The SMILES string of the molecule is COc1cccc(N2C[C@H](C(=O)Oc3cccc(N4C(=O)[C@@H]5C6c7ccccc7C(c7ccccc76)[C@@H]5C4=O)c3)CC2=O)c1. The topological polar surface area (TPSA) is 93.2 Å². The zero-order valence-electron chi connectivity index (χ0n) is 23.9. The van der Waals surface area contributed by atoms with Crippen LogP contribution in [0.3, 0.4) is 0 Å². The van der Waals surface area contributed by atoms with Crippen LogP contribution in [0.2, 0.25) is 0 Å². The van der Waals surface area contributed by atoms with Gasteiger partial charge in [0.25, 0.3) is 0 Å². The maximum absolute atomic E-state index is 14.1. The lowest BCUT2D eigenvalue weighted by Gasteiger charge is -2.45. The van der Waals surface area contributed by atoms with Crippen LogP contribution in [-0.4, -0.2) is 37.3 Å². The van der Waals surface area contributed by atoms with Crippen molar-refractivity contribution in [2.24, 2.45) is 17.8 Å². The Kier molecular flexibility index (Phi) is 5.94. The van der Waals surface area contributed by atoms with Crippen LogP contribution >= 0.6 is 0 Å². The Morgan fingerprint density at radius 2 is 1.20 bits per heavy atom. The Balaban J connectivity index is 1.05. The molecule has 2 fully saturated rings. The first kappa shape index (κ1) is 26.4. The number of imide groups is 1. The summed E-state index contributed by atoms with van der Waals surface area (Å²) in [6.07, 6.45) is 0.0199. The quantitative estimate of drug-likeness (QED) is 0.185. The van der Waals surface area contributed by atoms with E-state index in [2.05, 4.69) is 24.3 Å². The average molecular weight is 585 g/mol. The maximum atomic E-state index is 14.1. The molecule has 2 saturated heterocycles. The Morgan fingerprint density at radius 1 is 0.682 bits per heavy atom. The molecule has 8 heteroatoms. The molecule has 2 heterocycles. The summed E-state index contributed by atoms with van der Waals surface area (Å²) in [5.74, 6) is -2.45. The summed E-state index contributed by atoms with van der Waals surface area (Å²) in [5.41, 5.74) is 5.45. The summed E-state index contributed by atoms with van der Waals surface area (Å²) in [7, 11) is 1.55. The first-order valence-corrected chi connectivity index (χ1v) is 14.8. The fourth-order valence-corrected chi connectivity index (χ4v) is 7.71. The van der Waals surface area contributed by atoms with Crippen molar-refractivity contribution in [1.29, 1.82) is 0 Å². The molecule has 2 bridgehead atoms. The van der Waals surface area contributed by atoms with E-state index < -0.39 is 23.7 Å². The minimum Gasteiger partial charge on any atom is -0.497 e. The Bertz CT molecular complexity index is 1770. The van der Waals surface area contributed by atoms with Gasteiger partial charge in [0.2, 0.25) is 17.7 Å². The fourth-order valence-electron chi connectivity index (χ4n) is 7.71. The van der Waals surface area contributed by atoms with Gasteiger partial charge in [0.05, 0.1) is 30.6 Å². The van der Waals surface area contributed by atoms with Crippen molar-refractivity contribution in [3.8, 4) is 11.5 Å². The van der Waals surface area contributed by atoms with Crippen LogP contribution in [0.15, 0.2) is 97.1 Å². The van der Waals surface area contributed by atoms with E-state index in [-0.39, 0.29) is 48.3 Å². The van der Waals surface area contributed by atoms with Gasteiger partial charge >= 0.3 is 5.97 Å². The van der Waals surface area contributed by atoms with Gasteiger partial charge in [-0.25, -0.2) is 4.90 Å². The average Bonchev–Trinajstić information content (AvgIpc) is 3.58. The number of hydrogen-bond donors (Lipinski definition) is 0. The summed E-state index contributed by atoms with van der Waals surface area (Å²) < 4.78 is 11.0. The number of carbonyl (C=O) groups is 4. The molecule has 9 rings (SSSR count). The van der Waals surface area contributed by atoms with E-state index in [4.69, 9.17) is 9.47 Å². The van der Waals surface area contributed by atoms with Gasteiger partial charge in [-0.05, 0) is 46.5 Å². The fraction of sp³-hybridized carbons (Fsp3) is 0.222. The van der Waals surface area contributed by atoms with E-state index >= 15 is 0 Å². The molecule has 8 nitrogen and oxygen atoms in total. The number of anilines is 2. The smallest absolute Gasteiger partial charge is 0.316 e. The van der Waals surface area contributed by atoms with E-state index in [1.807, 2.05) is 24.3 Å². The second-order valence-electron chi connectivity index (χ2n) is 11.8. The number of esters is 1. The molecule has 5 aliphatic rings. The predicted octanol–water partition coefficient (Wildman–Crippen LogP) is 5.05. The van der Waals surface area contributed by atoms with Crippen LogP contribution in [0.4, 0.5) is 11.4 Å². The third-order valence-electron chi connectivity index (χ3n) is 9.57. The minimum atomic E-state index is -0.664. The highest BCUT2D eigenvalue weighted by Crippen LogP contribution is 2.61. The third-order valence-corrected chi connectivity index (χ3v) is 9.57. The van der Waals surface area contributed by atoms with Crippen molar-refractivity contribution in [2.75, 3.05) is 23.5 Å². The molecular weight excluding hydrogens is 556 g/mol. The van der Waals surface area contributed by atoms with Crippen LogP contribution in [0.25, 0.3) is 0 Å². The number of benzene rings is 4. The molecule has 44 heavy (non-hydrogen) atoms. The largest absolute Gasteiger partial charge is 0.497 e. The zero-order chi connectivity index (χ0) is 30.1. The van der Waals surface area contributed by atoms with Crippen molar-refractivity contribution < 1.29 is 28.7 Å². The van der Waals surface area contributed by atoms with E-state index in [1.165, 1.54) is 4.90 Å². The minimum absolute atomic E-state index is 0.0199. The molecule has 0 unspecified atom stereocenters. The molecular formula is C36H28N2O6. The highest BCUT2D eigenvalue weighted by Gasteiger charge is 2.61. The van der Waals surface area contributed by atoms with Gasteiger partial charge < -0.3 is 14.4 Å². The molecule has 218 valence electrons. The van der Waals surface area contributed by atoms with Gasteiger partial charge in [-0.2, -0.15) is 0 Å². The lowest BCUT2D eigenvalue weighted by molar-refractivity contribution is -0.139. The number of ether oxygens (including phenoxy) is 2. The van der Waals surface area contributed by atoms with Crippen molar-refractivity contribution in [3.63, 3.8) is 0 Å². The van der Waals surface area contributed by atoms with E-state index in [1.54, 1.807) is 60.5 Å².